The largest absolute Gasteiger partial charge is 0.377 e. The monoisotopic (exact) mass is 428 g/mol. The van der Waals surface area contributed by atoms with Crippen LogP contribution in [-0.4, -0.2) is 25.7 Å². The van der Waals surface area contributed by atoms with Gasteiger partial charge in [-0.15, -0.1) is 0 Å². The fourth-order valence-electron chi connectivity index (χ4n) is 3.66. The predicted molar refractivity (Wildman–Crippen MR) is 123 cm³/mol. The molecule has 31 heavy (non-hydrogen) atoms. The molecule has 0 amide bonds. The Bertz CT molecular complexity index is 1310. The first-order chi connectivity index (χ1) is 15.1. The highest BCUT2D eigenvalue weighted by Gasteiger charge is 2.33. The van der Waals surface area contributed by atoms with Crippen LogP contribution < -0.4 is 4.18 Å². The van der Waals surface area contributed by atoms with Gasteiger partial charge in [0.25, 0.3) is 0 Å². The molecule has 0 aliphatic carbocycles. The highest BCUT2D eigenvalue weighted by molar-refractivity contribution is 7.92. The number of fused-ring (bicyclic) bond motifs is 2. The Morgan fingerprint density at radius 2 is 1.55 bits per heavy atom. The molecule has 0 unspecified atom stereocenters. The van der Waals surface area contributed by atoms with Crippen molar-refractivity contribution in [3.8, 4) is 16.9 Å². The smallest absolute Gasteiger partial charge is 0.343 e. The Morgan fingerprint density at radius 1 is 0.839 bits per heavy atom. The SMILES string of the molecule is O=S1(=O)Oc2ccccc2N=C2C1=CC=CN2CCc1ccc(-c2ccccc2)cc1. The predicted octanol–water partition coefficient (Wildman–Crippen LogP) is 5.06. The maximum Gasteiger partial charge on any atom is 0.343 e. The van der Waals surface area contributed by atoms with Gasteiger partial charge in [-0.2, -0.15) is 8.42 Å². The van der Waals surface area contributed by atoms with Crippen molar-refractivity contribution < 1.29 is 12.6 Å². The van der Waals surface area contributed by atoms with Crippen molar-refractivity contribution in [1.29, 1.82) is 0 Å². The number of para-hydroxylation sites is 2. The zero-order chi connectivity index (χ0) is 21.3. The first kappa shape index (κ1) is 19.3. The quantitative estimate of drug-likeness (QED) is 0.545. The molecule has 0 aromatic heterocycles. The molecule has 0 bridgehead atoms. The van der Waals surface area contributed by atoms with E-state index < -0.39 is 10.1 Å². The Balaban J connectivity index is 1.38. The van der Waals surface area contributed by atoms with Gasteiger partial charge < -0.3 is 9.08 Å². The molecule has 0 atom stereocenters. The molecule has 2 heterocycles. The first-order valence-corrected chi connectivity index (χ1v) is 11.4. The van der Waals surface area contributed by atoms with Crippen LogP contribution in [0, 0.1) is 0 Å². The van der Waals surface area contributed by atoms with Crippen molar-refractivity contribution in [3.05, 3.63) is 108 Å². The number of hydrogen-bond donors (Lipinski definition) is 0. The molecule has 0 spiro atoms. The Labute approximate surface area is 181 Å². The molecule has 5 rings (SSSR count). The van der Waals surface area contributed by atoms with Gasteiger partial charge in [-0.05, 0) is 47.4 Å². The zero-order valence-electron chi connectivity index (χ0n) is 16.7. The van der Waals surface area contributed by atoms with Crippen molar-refractivity contribution in [1.82, 2.24) is 4.90 Å². The number of rotatable bonds is 4. The molecular weight excluding hydrogens is 408 g/mol. The highest BCUT2D eigenvalue weighted by Crippen LogP contribution is 2.35. The molecule has 2 aliphatic heterocycles. The normalized spacial score (nSPS) is 16.3. The van der Waals surface area contributed by atoms with Crippen molar-refractivity contribution in [2.75, 3.05) is 6.54 Å². The van der Waals surface area contributed by atoms with Crippen LogP contribution in [0.25, 0.3) is 11.1 Å². The van der Waals surface area contributed by atoms with E-state index in [1.165, 1.54) is 17.2 Å². The van der Waals surface area contributed by atoms with E-state index in [1.807, 2.05) is 35.4 Å². The summed E-state index contributed by atoms with van der Waals surface area (Å²) in [5, 5.41) is 0. The van der Waals surface area contributed by atoms with Crippen LogP contribution in [0.1, 0.15) is 5.56 Å². The summed E-state index contributed by atoms with van der Waals surface area (Å²) in [5.74, 6) is 0.620. The minimum Gasteiger partial charge on any atom is -0.377 e. The van der Waals surface area contributed by atoms with Crippen LogP contribution in [0.4, 0.5) is 5.69 Å². The molecule has 6 heteroatoms. The third kappa shape index (κ3) is 3.90. The number of amidine groups is 1. The van der Waals surface area contributed by atoms with E-state index in [-0.39, 0.29) is 10.7 Å². The van der Waals surface area contributed by atoms with E-state index in [4.69, 9.17) is 4.18 Å². The van der Waals surface area contributed by atoms with E-state index in [2.05, 4.69) is 41.4 Å². The summed E-state index contributed by atoms with van der Waals surface area (Å²) in [6.45, 7) is 0.592. The molecule has 0 saturated heterocycles. The van der Waals surface area contributed by atoms with Crippen molar-refractivity contribution >= 4 is 21.6 Å². The second-order valence-electron chi connectivity index (χ2n) is 7.32. The average molecular weight is 429 g/mol. The lowest BCUT2D eigenvalue weighted by Crippen LogP contribution is -2.34. The van der Waals surface area contributed by atoms with Crippen LogP contribution in [0.3, 0.4) is 0 Å². The zero-order valence-corrected chi connectivity index (χ0v) is 17.5. The lowest BCUT2D eigenvalue weighted by atomic mass is 10.0. The van der Waals surface area contributed by atoms with Gasteiger partial charge in [0.1, 0.15) is 10.6 Å². The number of aliphatic imine (C=N–C) groups is 1. The van der Waals surface area contributed by atoms with Crippen LogP contribution in [0.15, 0.2) is 107 Å². The van der Waals surface area contributed by atoms with Gasteiger partial charge in [0.2, 0.25) is 0 Å². The Kier molecular flexibility index (Phi) is 4.92. The lowest BCUT2D eigenvalue weighted by molar-refractivity contribution is 0.495. The summed E-state index contributed by atoms with van der Waals surface area (Å²) in [4.78, 5) is 6.56. The maximum absolute atomic E-state index is 12.8. The van der Waals surface area contributed by atoms with Crippen LogP contribution in [0.2, 0.25) is 0 Å². The lowest BCUT2D eigenvalue weighted by Gasteiger charge is -2.25. The standard InChI is InChI=1S/C25H20N2O3S/c28-31(29)24-11-6-17-27(25(24)26-22-9-4-5-10-23(22)30-31)18-16-19-12-14-21(15-13-19)20-7-2-1-3-8-20/h1-15,17H,16,18H2. The molecule has 2 aliphatic rings. The van der Waals surface area contributed by atoms with Gasteiger partial charge in [0.05, 0.1) is 0 Å². The van der Waals surface area contributed by atoms with Gasteiger partial charge in [-0.25, -0.2) is 4.99 Å². The minimum absolute atomic E-state index is 0.0747. The van der Waals surface area contributed by atoms with Crippen molar-refractivity contribution in [2.45, 2.75) is 6.42 Å². The van der Waals surface area contributed by atoms with Crippen molar-refractivity contribution in [2.24, 2.45) is 4.99 Å². The number of nitrogens with zero attached hydrogens (tertiary/aromatic N) is 2. The molecule has 0 radical (unpaired) electrons. The summed E-state index contributed by atoms with van der Waals surface area (Å²) >= 11 is 0. The average Bonchev–Trinajstić information content (AvgIpc) is 2.92. The van der Waals surface area contributed by atoms with Gasteiger partial charge in [-0.1, -0.05) is 66.7 Å². The molecule has 154 valence electrons. The van der Waals surface area contributed by atoms with E-state index in [0.29, 0.717) is 18.1 Å². The number of benzene rings is 3. The molecule has 0 fully saturated rings. The van der Waals surface area contributed by atoms with Crippen LogP contribution >= 0.6 is 0 Å². The fraction of sp³-hybridized carbons (Fsp3) is 0.0800. The van der Waals surface area contributed by atoms with E-state index in [0.717, 1.165) is 12.0 Å². The summed E-state index contributed by atoms with van der Waals surface area (Å²) in [5.41, 5.74) is 4.01. The van der Waals surface area contributed by atoms with E-state index >= 15 is 0 Å². The molecule has 3 aromatic rings. The third-order valence-electron chi connectivity index (χ3n) is 5.27. The van der Waals surface area contributed by atoms with Gasteiger partial charge >= 0.3 is 10.1 Å². The summed E-state index contributed by atoms with van der Waals surface area (Å²) in [7, 11) is -3.95. The topological polar surface area (TPSA) is 59.0 Å². The molecule has 3 aromatic carbocycles. The van der Waals surface area contributed by atoms with Gasteiger partial charge in [-0.3, -0.25) is 0 Å². The summed E-state index contributed by atoms with van der Waals surface area (Å²) in [6, 6.07) is 25.6. The summed E-state index contributed by atoms with van der Waals surface area (Å²) < 4.78 is 30.8. The summed E-state index contributed by atoms with van der Waals surface area (Å²) in [6.07, 6.45) is 5.84. The molecule has 5 nitrogen and oxygen atoms in total. The van der Waals surface area contributed by atoms with Crippen LogP contribution in [0.5, 0.6) is 5.75 Å². The van der Waals surface area contributed by atoms with Gasteiger partial charge in [0.15, 0.2) is 11.6 Å². The minimum atomic E-state index is -3.95. The second-order valence-corrected chi connectivity index (χ2v) is 8.83. The van der Waals surface area contributed by atoms with Crippen molar-refractivity contribution in [3.63, 3.8) is 0 Å². The Morgan fingerprint density at radius 3 is 2.35 bits per heavy atom. The number of allylic oxidation sites excluding steroid dienone is 2. The first-order valence-electron chi connectivity index (χ1n) is 10.0. The van der Waals surface area contributed by atoms with Gasteiger partial charge in [0, 0.05) is 12.7 Å². The van der Waals surface area contributed by atoms with E-state index in [1.54, 1.807) is 24.3 Å². The molecule has 0 N–H and O–H groups in total. The van der Waals surface area contributed by atoms with Crippen LogP contribution in [-0.2, 0) is 16.5 Å². The molecular formula is C25H20N2O3S. The molecule has 0 saturated carbocycles. The Hall–Kier alpha value is -3.64. The maximum atomic E-state index is 12.8. The highest BCUT2D eigenvalue weighted by atomic mass is 32.2. The third-order valence-corrected chi connectivity index (χ3v) is 6.53. The fourth-order valence-corrected chi connectivity index (χ4v) is 4.76. The van der Waals surface area contributed by atoms with E-state index in [9.17, 15) is 8.42 Å². The second kappa shape index (κ2) is 7.89. The number of hydrogen-bond acceptors (Lipinski definition) is 5.